The van der Waals surface area contributed by atoms with Gasteiger partial charge in [-0.15, -0.1) is 11.3 Å². The third-order valence-corrected chi connectivity index (χ3v) is 5.48. The number of hydrogen-bond acceptors (Lipinski definition) is 5. The molecule has 0 fully saturated rings. The molecule has 0 bridgehead atoms. The van der Waals surface area contributed by atoms with Crippen LogP contribution in [0, 0.1) is 0 Å². The molecule has 0 radical (unpaired) electrons. The van der Waals surface area contributed by atoms with Crippen molar-refractivity contribution in [3.63, 3.8) is 0 Å². The van der Waals surface area contributed by atoms with E-state index < -0.39 is 9.84 Å². The first-order chi connectivity index (χ1) is 10.1. The van der Waals surface area contributed by atoms with Crippen LogP contribution in [0.25, 0.3) is 5.69 Å². The fourth-order valence-electron chi connectivity index (χ4n) is 1.89. The van der Waals surface area contributed by atoms with Gasteiger partial charge in [0.15, 0.2) is 0 Å². The summed E-state index contributed by atoms with van der Waals surface area (Å²) in [6.45, 7) is 0. The van der Waals surface area contributed by atoms with Gasteiger partial charge in [0.05, 0.1) is 0 Å². The molecular weight excluding hydrogens is 330 g/mol. The monoisotopic (exact) mass is 339 g/mol. The van der Waals surface area contributed by atoms with Crippen LogP contribution in [-0.2, 0) is 15.6 Å². The number of aromatic nitrogens is 3. The summed E-state index contributed by atoms with van der Waals surface area (Å²) in [4.78, 5) is 7.99. The zero-order valence-corrected chi connectivity index (χ0v) is 13.1. The van der Waals surface area contributed by atoms with E-state index in [1.165, 1.54) is 22.1 Å². The number of rotatable bonds is 4. The summed E-state index contributed by atoms with van der Waals surface area (Å²) in [6.07, 6.45) is 4.63. The van der Waals surface area contributed by atoms with Gasteiger partial charge in [-0.25, -0.2) is 18.4 Å². The van der Waals surface area contributed by atoms with Gasteiger partial charge in [0.25, 0.3) is 0 Å². The Morgan fingerprint density at radius 2 is 2.10 bits per heavy atom. The van der Waals surface area contributed by atoms with Crippen molar-refractivity contribution in [1.29, 1.82) is 0 Å². The second kappa shape index (κ2) is 5.59. The number of imidazole rings is 1. The molecule has 0 aliphatic heterocycles. The summed E-state index contributed by atoms with van der Waals surface area (Å²) in [6, 6.07) is 6.95. The first-order valence-electron chi connectivity index (χ1n) is 5.97. The van der Waals surface area contributed by atoms with E-state index in [1.54, 1.807) is 42.0 Å². The minimum atomic E-state index is -3.57. The van der Waals surface area contributed by atoms with Crippen molar-refractivity contribution in [2.24, 2.45) is 0 Å². The Morgan fingerprint density at radius 3 is 2.81 bits per heavy atom. The normalized spacial score (nSPS) is 11.7. The van der Waals surface area contributed by atoms with Crippen LogP contribution >= 0.6 is 22.9 Å². The van der Waals surface area contributed by atoms with E-state index in [1.807, 2.05) is 0 Å². The third-order valence-electron chi connectivity index (χ3n) is 2.77. The Hall–Kier alpha value is -1.70. The molecule has 0 N–H and O–H groups in total. The lowest BCUT2D eigenvalue weighted by molar-refractivity contribution is 0.583. The molecule has 3 rings (SSSR count). The van der Waals surface area contributed by atoms with Gasteiger partial charge >= 0.3 is 0 Å². The van der Waals surface area contributed by atoms with Crippen molar-refractivity contribution in [2.45, 2.75) is 10.9 Å². The highest BCUT2D eigenvalue weighted by Gasteiger charge is 2.23. The Kier molecular flexibility index (Phi) is 3.79. The second-order valence-electron chi connectivity index (χ2n) is 4.24. The number of benzene rings is 1. The molecule has 108 valence electrons. The Bertz CT molecular complexity index is 857. The van der Waals surface area contributed by atoms with Gasteiger partial charge in [-0.05, 0) is 18.2 Å². The molecular formula is C13H10ClN3O2S2. The maximum atomic E-state index is 12.5. The largest absolute Gasteiger partial charge is 0.291 e. The van der Waals surface area contributed by atoms with Gasteiger partial charge in [0, 0.05) is 34.7 Å². The Labute approximate surface area is 130 Å². The molecule has 21 heavy (non-hydrogen) atoms. The van der Waals surface area contributed by atoms with Crippen LogP contribution < -0.4 is 0 Å². The van der Waals surface area contributed by atoms with Gasteiger partial charge in [-0.2, -0.15) is 0 Å². The topological polar surface area (TPSA) is 64.8 Å². The summed E-state index contributed by atoms with van der Waals surface area (Å²) in [7, 11) is -3.57. The van der Waals surface area contributed by atoms with Crippen molar-refractivity contribution >= 4 is 32.8 Å². The fourth-order valence-corrected chi connectivity index (χ4v) is 4.43. The van der Waals surface area contributed by atoms with Crippen LogP contribution in [0.1, 0.15) is 5.01 Å². The summed E-state index contributed by atoms with van der Waals surface area (Å²) >= 11 is 7.25. The second-order valence-corrected chi connectivity index (χ2v) is 7.54. The van der Waals surface area contributed by atoms with Crippen molar-refractivity contribution in [3.05, 3.63) is 58.3 Å². The summed E-state index contributed by atoms with van der Waals surface area (Å²) < 4.78 is 26.5. The maximum absolute atomic E-state index is 12.5. The van der Waals surface area contributed by atoms with Crippen LogP contribution in [0.5, 0.6) is 0 Å². The van der Waals surface area contributed by atoms with Gasteiger partial charge in [-0.3, -0.25) is 4.57 Å². The van der Waals surface area contributed by atoms with Crippen molar-refractivity contribution in [3.8, 4) is 5.69 Å². The lowest BCUT2D eigenvalue weighted by atomic mass is 10.3. The predicted molar refractivity (Wildman–Crippen MR) is 81.6 cm³/mol. The molecule has 0 unspecified atom stereocenters. The molecule has 0 atom stereocenters. The van der Waals surface area contributed by atoms with Crippen molar-refractivity contribution < 1.29 is 8.42 Å². The highest BCUT2D eigenvalue weighted by molar-refractivity contribution is 7.90. The number of nitrogens with zero attached hydrogens (tertiary/aromatic N) is 3. The number of hydrogen-bond donors (Lipinski definition) is 0. The molecule has 0 saturated carbocycles. The average Bonchev–Trinajstić information content (AvgIpc) is 3.08. The number of halogens is 1. The summed E-state index contributed by atoms with van der Waals surface area (Å²) in [5.41, 5.74) is 0.651. The standard InChI is InChI=1S/C13H10ClN3O2S2/c14-10-2-1-3-11(8-10)17-6-4-16-13(17)21(18,19)9-12-15-5-7-20-12/h1-8H,9H2. The zero-order chi connectivity index (χ0) is 14.9. The maximum Gasteiger partial charge on any atom is 0.232 e. The molecule has 0 spiro atoms. The Morgan fingerprint density at radius 1 is 1.24 bits per heavy atom. The summed E-state index contributed by atoms with van der Waals surface area (Å²) in [5, 5.41) is 2.80. The smallest absolute Gasteiger partial charge is 0.232 e. The lowest BCUT2D eigenvalue weighted by Gasteiger charge is -2.08. The number of thiazole rings is 1. The van der Waals surface area contributed by atoms with Gasteiger partial charge in [-0.1, -0.05) is 17.7 Å². The minimum Gasteiger partial charge on any atom is -0.291 e. The molecule has 0 saturated heterocycles. The third kappa shape index (κ3) is 2.99. The quantitative estimate of drug-likeness (QED) is 0.733. The average molecular weight is 340 g/mol. The molecule has 5 nitrogen and oxygen atoms in total. The zero-order valence-electron chi connectivity index (χ0n) is 10.7. The number of sulfone groups is 1. The summed E-state index contributed by atoms with van der Waals surface area (Å²) in [5.74, 6) is -0.164. The molecule has 1 aromatic carbocycles. The SMILES string of the molecule is O=S(=O)(Cc1nccs1)c1nccn1-c1cccc(Cl)c1. The molecule has 3 aromatic rings. The fraction of sp³-hybridized carbons (Fsp3) is 0.0769. The van der Waals surface area contributed by atoms with Crippen LogP contribution in [0.15, 0.2) is 53.4 Å². The first-order valence-corrected chi connectivity index (χ1v) is 8.88. The Balaban J connectivity index is 2.02. The van der Waals surface area contributed by atoms with E-state index in [4.69, 9.17) is 11.6 Å². The van der Waals surface area contributed by atoms with Crippen LogP contribution in [0.3, 0.4) is 0 Å². The van der Waals surface area contributed by atoms with Gasteiger partial charge in [0.2, 0.25) is 15.0 Å². The van der Waals surface area contributed by atoms with E-state index in [-0.39, 0.29) is 10.9 Å². The van der Waals surface area contributed by atoms with Crippen LogP contribution in [0.2, 0.25) is 5.02 Å². The molecule has 8 heteroatoms. The van der Waals surface area contributed by atoms with E-state index in [0.29, 0.717) is 15.7 Å². The highest BCUT2D eigenvalue weighted by Crippen LogP contribution is 2.21. The van der Waals surface area contributed by atoms with E-state index >= 15 is 0 Å². The van der Waals surface area contributed by atoms with E-state index in [0.717, 1.165) is 0 Å². The molecule has 0 amide bonds. The minimum absolute atomic E-state index is 0.0139. The molecule has 0 aliphatic rings. The van der Waals surface area contributed by atoms with Crippen molar-refractivity contribution in [1.82, 2.24) is 14.5 Å². The van der Waals surface area contributed by atoms with Crippen LogP contribution in [0.4, 0.5) is 0 Å². The molecule has 2 heterocycles. The van der Waals surface area contributed by atoms with E-state index in [2.05, 4.69) is 9.97 Å². The molecule has 2 aromatic heterocycles. The first kappa shape index (κ1) is 14.2. The molecule has 0 aliphatic carbocycles. The van der Waals surface area contributed by atoms with Crippen molar-refractivity contribution in [2.75, 3.05) is 0 Å². The van der Waals surface area contributed by atoms with Gasteiger partial charge < -0.3 is 0 Å². The van der Waals surface area contributed by atoms with Gasteiger partial charge in [0.1, 0.15) is 10.8 Å². The van der Waals surface area contributed by atoms with E-state index in [9.17, 15) is 8.42 Å². The van der Waals surface area contributed by atoms with Crippen LogP contribution in [-0.4, -0.2) is 23.0 Å². The lowest BCUT2D eigenvalue weighted by Crippen LogP contribution is -2.11. The highest BCUT2D eigenvalue weighted by atomic mass is 35.5. The predicted octanol–water partition coefficient (Wildman–Crippen LogP) is 2.96.